The quantitative estimate of drug-likeness (QED) is 0.752. The molecule has 0 N–H and O–H groups in total. The summed E-state index contributed by atoms with van der Waals surface area (Å²) in [4.78, 5) is 13.6. The van der Waals surface area contributed by atoms with Crippen LogP contribution in [0.4, 0.5) is 5.69 Å². The first kappa shape index (κ1) is 13.4. The van der Waals surface area contributed by atoms with Crippen molar-refractivity contribution < 1.29 is 14.3 Å². The number of carbonyl (C=O) groups excluding carboxylic acids is 1. The number of hydrogen-bond donors (Lipinski definition) is 0. The van der Waals surface area contributed by atoms with Crippen molar-refractivity contribution >= 4 is 11.7 Å². The zero-order valence-electron chi connectivity index (χ0n) is 11.0. The lowest BCUT2D eigenvalue weighted by molar-refractivity contribution is -0.145. The molecule has 0 aliphatic rings. The van der Waals surface area contributed by atoms with Crippen LogP contribution in [0.5, 0.6) is 5.75 Å². The Morgan fingerprint density at radius 1 is 1.18 bits per heavy atom. The molecule has 0 aliphatic heterocycles. The molecule has 0 unspecified atom stereocenters. The molecule has 0 aliphatic carbocycles. The van der Waals surface area contributed by atoms with Gasteiger partial charge >= 0.3 is 5.97 Å². The number of likely N-dealkylation sites (N-methyl/N-ethyl adjacent to an activating group) is 1. The minimum Gasteiger partial charge on any atom is -0.497 e. The number of benzene rings is 1. The summed E-state index contributed by atoms with van der Waals surface area (Å²) >= 11 is 0. The van der Waals surface area contributed by atoms with Crippen molar-refractivity contribution in [3.63, 3.8) is 0 Å². The van der Waals surface area contributed by atoms with Crippen LogP contribution in [-0.2, 0) is 9.53 Å². The van der Waals surface area contributed by atoms with Crippen LogP contribution in [0.25, 0.3) is 0 Å². The van der Waals surface area contributed by atoms with Gasteiger partial charge in [-0.1, -0.05) is 0 Å². The van der Waals surface area contributed by atoms with E-state index < -0.39 is 5.54 Å². The lowest BCUT2D eigenvalue weighted by atomic mass is 10.0. The summed E-state index contributed by atoms with van der Waals surface area (Å²) in [6, 6.07) is 7.53. The van der Waals surface area contributed by atoms with Crippen LogP contribution in [0.1, 0.15) is 13.8 Å². The molecule has 1 rings (SSSR count). The van der Waals surface area contributed by atoms with E-state index in [-0.39, 0.29) is 5.97 Å². The molecule has 0 atom stereocenters. The fourth-order valence-corrected chi connectivity index (χ4v) is 1.52. The topological polar surface area (TPSA) is 38.8 Å². The number of nitrogens with zero attached hydrogens (tertiary/aromatic N) is 1. The molecule has 4 heteroatoms. The van der Waals surface area contributed by atoms with Crippen LogP contribution in [0, 0.1) is 0 Å². The molecule has 1 aromatic carbocycles. The molecule has 94 valence electrons. The third-order valence-electron chi connectivity index (χ3n) is 2.98. The van der Waals surface area contributed by atoms with Crippen LogP contribution in [-0.4, -0.2) is 32.8 Å². The van der Waals surface area contributed by atoms with Crippen molar-refractivity contribution in [1.82, 2.24) is 0 Å². The highest BCUT2D eigenvalue weighted by Crippen LogP contribution is 2.25. The standard InChI is InChI=1S/C13H19NO3/c1-13(2,12(15)17-5)14(3)10-6-8-11(16-4)9-7-10/h6-9H,1-5H3. The van der Waals surface area contributed by atoms with E-state index in [0.717, 1.165) is 11.4 Å². The molecule has 0 aromatic heterocycles. The van der Waals surface area contributed by atoms with Crippen molar-refractivity contribution in [2.24, 2.45) is 0 Å². The van der Waals surface area contributed by atoms with Crippen LogP contribution < -0.4 is 9.64 Å². The van der Waals surface area contributed by atoms with Gasteiger partial charge in [-0.25, -0.2) is 4.79 Å². The van der Waals surface area contributed by atoms with Crippen LogP contribution in [0.3, 0.4) is 0 Å². The highest BCUT2D eigenvalue weighted by Gasteiger charge is 2.33. The maximum atomic E-state index is 11.7. The largest absolute Gasteiger partial charge is 0.497 e. The third kappa shape index (κ3) is 2.70. The summed E-state index contributed by atoms with van der Waals surface area (Å²) in [5.74, 6) is 0.522. The van der Waals surface area contributed by atoms with Crippen molar-refractivity contribution in [3.05, 3.63) is 24.3 Å². The molecule has 0 amide bonds. The van der Waals surface area contributed by atoms with Crippen molar-refractivity contribution in [3.8, 4) is 5.75 Å². The molecule has 17 heavy (non-hydrogen) atoms. The number of hydrogen-bond acceptors (Lipinski definition) is 4. The second-order valence-corrected chi connectivity index (χ2v) is 4.31. The molecule has 0 bridgehead atoms. The average Bonchev–Trinajstić information content (AvgIpc) is 2.36. The van der Waals surface area contributed by atoms with Gasteiger partial charge in [0.1, 0.15) is 11.3 Å². The lowest BCUT2D eigenvalue weighted by Crippen LogP contribution is -2.48. The SMILES string of the molecule is COC(=O)C(C)(C)N(C)c1ccc(OC)cc1. The summed E-state index contributed by atoms with van der Waals surface area (Å²) in [6.07, 6.45) is 0. The summed E-state index contributed by atoms with van der Waals surface area (Å²) in [5, 5.41) is 0. The Labute approximate surface area is 102 Å². The van der Waals surface area contributed by atoms with Crippen LogP contribution >= 0.6 is 0 Å². The molecule has 4 nitrogen and oxygen atoms in total. The maximum Gasteiger partial charge on any atom is 0.331 e. The summed E-state index contributed by atoms with van der Waals surface area (Å²) in [5.41, 5.74) is 0.227. The van der Waals surface area contributed by atoms with E-state index in [2.05, 4.69) is 0 Å². The van der Waals surface area contributed by atoms with Gasteiger partial charge in [0.25, 0.3) is 0 Å². The minimum absolute atomic E-state index is 0.268. The number of ether oxygens (including phenoxy) is 2. The number of anilines is 1. The van der Waals surface area contributed by atoms with E-state index in [0.29, 0.717) is 0 Å². The van der Waals surface area contributed by atoms with Crippen molar-refractivity contribution in [2.75, 3.05) is 26.2 Å². The van der Waals surface area contributed by atoms with Gasteiger partial charge < -0.3 is 14.4 Å². The van der Waals surface area contributed by atoms with Gasteiger partial charge in [-0.2, -0.15) is 0 Å². The Morgan fingerprint density at radius 2 is 1.71 bits per heavy atom. The monoisotopic (exact) mass is 237 g/mol. The lowest BCUT2D eigenvalue weighted by Gasteiger charge is -2.34. The first-order valence-corrected chi connectivity index (χ1v) is 5.39. The predicted octanol–water partition coefficient (Wildman–Crippen LogP) is 2.08. The molecular weight excluding hydrogens is 218 g/mol. The van der Waals surface area contributed by atoms with Gasteiger partial charge in [-0.3, -0.25) is 0 Å². The molecule has 1 aromatic rings. The van der Waals surface area contributed by atoms with Gasteiger partial charge in [0, 0.05) is 12.7 Å². The van der Waals surface area contributed by atoms with E-state index in [1.807, 2.05) is 50.1 Å². The molecule has 0 heterocycles. The number of rotatable bonds is 4. The summed E-state index contributed by atoms with van der Waals surface area (Å²) in [6.45, 7) is 3.64. The summed E-state index contributed by atoms with van der Waals surface area (Å²) in [7, 11) is 4.88. The molecule has 0 fully saturated rings. The fourth-order valence-electron chi connectivity index (χ4n) is 1.52. The second-order valence-electron chi connectivity index (χ2n) is 4.31. The third-order valence-corrected chi connectivity index (χ3v) is 2.98. The maximum absolute atomic E-state index is 11.7. The van der Waals surface area contributed by atoms with E-state index >= 15 is 0 Å². The number of methoxy groups -OCH3 is 2. The molecule has 0 saturated heterocycles. The molecule has 0 spiro atoms. The first-order chi connectivity index (χ1) is 7.93. The Balaban J connectivity index is 2.95. The Hall–Kier alpha value is -1.71. The van der Waals surface area contributed by atoms with Crippen molar-refractivity contribution in [1.29, 1.82) is 0 Å². The molecule has 0 saturated carbocycles. The predicted molar refractivity (Wildman–Crippen MR) is 67.5 cm³/mol. The zero-order valence-corrected chi connectivity index (χ0v) is 11.0. The number of carbonyl (C=O) groups is 1. The van der Waals surface area contributed by atoms with Crippen molar-refractivity contribution in [2.45, 2.75) is 19.4 Å². The molecule has 0 radical (unpaired) electrons. The first-order valence-electron chi connectivity index (χ1n) is 5.39. The van der Waals surface area contributed by atoms with Gasteiger partial charge in [0.15, 0.2) is 0 Å². The second kappa shape index (κ2) is 5.08. The van der Waals surface area contributed by atoms with E-state index in [4.69, 9.17) is 9.47 Å². The van der Waals surface area contributed by atoms with E-state index in [1.165, 1.54) is 7.11 Å². The van der Waals surface area contributed by atoms with E-state index in [1.54, 1.807) is 7.11 Å². The Kier molecular flexibility index (Phi) is 3.99. The summed E-state index contributed by atoms with van der Waals surface area (Å²) < 4.78 is 9.89. The van der Waals surface area contributed by atoms with E-state index in [9.17, 15) is 4.79 Å². The fraction of sp³-hybridized carbons (Fsp3) is 0.462. The highest BCUT2D eigenvalue weighted by molar-refractivity contribution is 5.84. The van der Waals surface area contributed by atoms with Gasteiger partial charge in [-0.15, -0.1) is 0 Å². The van der Waals surface area contributed by atoms with Crippen LogP contribution in [0.2, 0.25) is 0 Å². The van der Waals surface area contributed by atoms with Crippen LogP contribution in [0.15, 0.2) is 24.3 Å². The average molecular weight is 237 g/mol. The zero-order chi connectivity index (χ0) is 13.1. The molecular formula is C13H19NO3. The Morgan fingerprint density at radius 3 is 2.12 bits per heavy atom. The number of esters is 1. The normalized spacial score (nSPS) is 10.9. The van der Waals surface area contributed by atoms with Gasteiger partial charge in [0.05, 0.1) is 14.2 Å². The smallest absolute Gasteiger partial charge is 0.331 e. The van der Waals surface area contributed by atoms with Gasteiger partial charge in [-0.05, 0) is 38.1 Å². The highest BCUT2D eigenvalue weighted by atomic mass is 16.5. The van der Waals surface area contributed by atoms with Gasteiger partial charge in [0.2, 0.25) is 0 Å². The Bertz CT molecular complexity index is 384. The minimum atomic E-state index is -0.705.